The summed E-state index contributed by atoms with van der Waals surface area (Å²) in [7, 11) is 1.76. The molecule has 0 saturated carbocycles. The molecule has 16 heavy (non-hydrogen) atoms. The van der Waals surface area contributed by atoms with Crippen LogP contribution in [-0.2, 0) is 11.3 Å². The van der Waals surface area contributed by atoms with Gasteiger partial charge in [-0.25, -0.2) is 0 Å². The zero-order valence-corrected chi connectivity index (χ0v) is 10.4. The molecule has 1 rings (SSSR count). The summed E-state index contributed by atoms with van der Waals surface area (Å²) in [5.74, 6) is 0.0370. The molecular formula is C12H17ClN2O. The van der Waals surface area contributed by atoms with Crippen molar-refractivity contribution in [3.05, 3.63) is 34.9 Å². The van der Waals surface area contributed by atoms with Crippen LogP contribution < -0.4 is 5.73 Å². The fraction of sp³-hybridized carbons (Fsp3) is 0.417. The molecule has 1 atom stereocenters. The largest absolute Gasteiger partial charge is 0.341 e. The standard InChI is InChI=1S/C12H17ClN2O/c1-9(14)7-12(16)15(2)8-10-5-3-4-6-11(10)13/h3-6,9H,7-8,14H2,1-2H3. The second kappa shape index (κ2) is 5.87. The minimum atomic E-state index is -0.110. The average molecular weight is 241 g/mol. The molecule has 0 fully saturated rings. The van der Waals surface area contributed by atoms with Crippen LogP contribution in [0.5, 0.6) is 0 Å². The number of halogens is 1. The Labute approximate surface area is 101 Å². The fourth-order valence-corrected chi connectivity index (χ4v) is 1.60. The molecule has 0 bridgehead atoms. The van der Waals surface area contributed by atoms with Gasteiger partial charge in [-0.2, -0.15) is 0 Å². The maximum atomic E-state index is 11.7. The number of hydrogen-bond donors (Lipinski definition) is 1. The number of carbonyl (C=O) groups excluding carboxylic acids is 1. The Kier molecular flexibility index (Phi) is 4.77. The molecule has 0 aliphatic carbocycles. The minimum absolute atomic E-state index is 0.0370. The summed E-state index contributed by atoms with van der Waals surface area (Å²) in [5, 5.41) is 0.683. The fourth-order valence-electron chi connectivity index (χ4n) is 1.40. The Bertz CT molecular complexity index is 366. The summed E-state index contributed by atoms with van der Waals surface area (Å²) >= 11 is 6.02. The van der Waals surface area contributed by atoms with Crippen molar-refractivity contribution in [3.63, 3.8) is 0 Å². The van der Waals surface area contributed by atoms with Crippen molar-refractivity contribution in [2.75, 3.05) is 7.05 Å². The van der Waals surface area contributed by atoms with Crippen LogP contribution in [0.1, 0.15) is 18.9 Å². The molecule has 1 unspecified atom stereocenters. The van der Waals surface area contributed by atoms with E-state index in [1.54, 1.807) is 11.9 Å². The predicted octanol–water partition coefficient (Wildman–Crippen LogP) is 2.04. The van der Waals surface area contributed by atoms with E-state index in [0.717, 1.165) is 5.56 Å². The van der Waals surface area contributed by atoms with Gasteiger partial charge in [-0.3, -0.25) is 4.79 Å². The van der Waals surface area contributed by atoms with Crippen molar-refractivity contribution in [2.45, 2.75) is 25.9 Å². The quantitative estimate of drug-likeness (QED) is 0.876. The summed E-state index contributed by atoms with van der Waals surface area (Å²) in [6.45, 7) is 2.34. The van der Waals surface area contributed by atoms with Crippen LogP contribution in [0.3, 0.4) is 0 Å². The van der Waals surface area contributed by atoms with Gasteiger partial charge in [0, 0.05) is 31.1 Å². The van der Waals surface area contributed by atoms with Gasteiger partial charge >= 0.3 is 0 Å². The minimum Gasteiger partial charge on any atom is -0.341 e. The van der Waals surface area contributed by atoms with Crippen LogP contribution in [0.15, 0.2) is 24.3 Å². The van der Waals surface area contributed by atoms with E-state index in [4.69, 9.17) is 17.3 Å². The highest BCUT2D eigenvalue weighted by atomic mass is 35.5. The van der Waals surface area contributed by atoms with Gasteiger partial charge in [0.25, 0.3) is 0 Å². The third-order valence-corrected chi connectivity index (χ3v) is 2.66. The molecule has 0 aliphatic rings. The molecule has 1 aromatic carbocycles. The first kappa shape index (κ1) is 13.0. The third-order valence-electron chi connectivity index (χ3n) is 2.29. The number of hydrogen-bond acceptors (Lipinski definition) is 2. The van der Waals surface area contributed by atoms with Crippen LogP contribution >= 0.6 is 11.6 Å². The summed E-state index contributed by atoms with van der Waals surface area (Å²) in [5.41, 5.74) is 6.53. The maximum absolute atomic E-state index is 11.7. The van der Waals surface area contributed by atoms with E-state index in [0.29, 0.717) is 18.0 Å². The summed E-state index contributed by atoms with van der Waals surface area (Å²) < 4.78 is 0. The monoisotopic (exact) mass is 240 g/mol. The highest BCUT2D eigenvalue weighted by Gasteiger charge is 2.12. The first-order chi connectivity index (χ1) is 7.50. The second-order valence-electron chi connectivity index (χ2n) is 4.02. The van der Waals surface area contributed by atoms with Gasteiger partial charge < -0.3 is 10.6 Å². The number of rotatable bonds is 4. The molecule has 0 heterocycles. The van der Waals surface area contributed by atoms with Crippen LogP contribution in [0, 0.1) is 0 Å². The molecular weight excluding hydrogens is 224 g/mol. The zero-order chi connectivity index (χ0) is 12.1. The van der Waals surface area contributed by atoms with Crippen LogP contribution in [0.25, 0.3) is 0 Å². The Morgan fingerprint density at radius 2 is 2.12 bits per heavy atom. The van der Waals surface area contributed by atoms with E-state index in [2.05, 4.69) is 0 Å². The molecule has 4 heteroatoms. The molecule has 88 valence electrons. The molecule has 3 nitrogen and oxygen atoms in total. The van der Waals surface area contributed by atoms with E-state index in [9.17, 15) is 4.79 Å². The SMILES string of the molecule is CC(N)CC(=O)N(C)Cc1ccccc1Cl. The molecule has 2 N–H and O–H groups in total. The normalized spacial score (nSPS) is 12.2. The Hall–Kier alpha value is -1.06. The maximum Gasteiger partial charge on any atom is 0.224 e. The molecule has 0 aliphatic heterocycles. The molecule has 0 radical (unpaired) electrons. The summed E-state index contributed by atoms with van der Waals surface area (Å²) in [4.78, 5) is 13.3. The number of nitrogens with zero attached hydrogens (tertiary/aromatic N) is 1. The molecule has 0 saturated heterocycles. The van der Waals surface area contributed by atoms with Gasteiger partial charge in [0.1, 0.15) is 0 Å². The van der Waals surface area contributed by atoms with Crippen molar-refractivity contribution in [3.8, 4) is 0 Å². The Balaban J connectivity index is 2.61. The van der Waals surface area contributed by atoms with Gasteiger partial charge in [0.15, 0.2) is 0 Å². The lowest BCUT2D eigenvalue weighted by Crippen LogP contribution is -2.31. The van der Waals surface area contributed by atoms with E-state index >= 15 is 0 Å². The lowest BCUT2D eigenvalue weighted by molar-refractivity contribution is -0.130. The van der Waals surface area contributed by atoms with E-state index in [-0.39, 0.29) is 11.9 Å². The predicted molar refractivity (Wildman–Crippen MR) is 66.2 cm³/mol. The van der Waals surface area contributed by atoms with Gasteiger partial charge in [-0.05, 0) is 18.6 Å². The van der Waals surface area contributed by atoms with Crippen molar-refractivity contribution in [2.24, 2.45) is 5.73 Å². The van der Waals surface area contributed by atoms with Crippen LogP contribution in [0.4, 0.5) is 0 Å². The number of amides is 1. The van der Waals surface area contributed by atoms with Crippen LogP contribution in [-0.4, -0.2) is 23.9 Å². The number of nitrogens with two attached hydrogens (primary N) is 1. The molecule has 0 spiro atoms. The number of benzene rings is 1. The summed E-state index contributed by atoms with van der Waals surface area (Å²) in [6, 6.07) is 7.40. The van der Waals surface area contributed by atoms with Gasteiger partial charge in [0.05, 0.1) is 0 Å². The smallest absolute Gasteiger partial charge is 0.224 e. The van der Waals surface area contributed by atoms with Crippen molar-refractivity contribution < 1.29 is 4.79 Å². The lowest BCUT2D eigenvalue weighted by atomic mass is 10.2. The average Bonchev–Trinajstić information content (AvgIpc) is 2.20. The molecule has 1 aromatic rings. The van der Waals surface area contributed by atoms with Crippen molar-refractivity contribution in [1.29, 1.82) is 0 Å². The van der Waals surface area contributed by atoms with Crippen molar-refractivity contribution in [1.82, 2.24) is 4.90 Å². The Morgan fingerprint density at radius 1 is 1.50 bits per heavy atom. The van der Waals surface area contributed by atoms with Crippen LogP contribution in [0.2, 0.25) is 5.02 Å². The van der Waals surface area contributed by atoms with Gasteiger partial charge in [-0.1, -0.05) is 29.8 Å². The van der Waals surface area contributed by atoms with Crippen molar-refractivity contribution >= 4 is 17.5 Å². The Morgan fingerprint density at radius 3 is 2.69 bits per heavy atom. The molecule has 1 amide bonds. The summed E-state index contributed by atoms with van der Waals surface area (Å²) in [6.07, 6.45) is 0.362. The zero-order valence-electron chi connectivity index (χ0n) is 9.61. The highest BCUT2D eigenvalue weighted by Crippen LogP contribution is 2.16. The third kappa shape index (κ3) is 3.83. The van der Waals surface area contributed by atoms with E-state index in [1.807, 2.05) is 31.2 Å². The second-order valence-corrected chi connectivity index (χ2v) is 4.43. The first-order valence-electron chi connectivity index (χ1n) is 5.23. The first-order valence-corrected chi connectivity index (χ1v) is 5.61. The van der Waals surface area contributed by atoms with E-state index in [1.165, 1.54) is 0 Å². The topological polar surface area (TPSA) is 46.3 Å². The van der Waals surface area contributed by atoms with Gasteiger partial charge in [0.2, 0.25) is 5.91 Å². The molecule has 0 aromatic heterocycles. The van der Waals surface area contributed by atoms with Gasteiger partial charge in [-0.15, -0.1) is 0 Å². The number of carbonyl (C=O) groups is 1. The lowest BCUT2D eigenvalue weighted by Gasteiger charge is -2.19. The van der Waals surface area contributed by atoms with E-state index < -0.39 is 0 Å². The highest BCUT2D eigenvalue weighted by molar-refractivity contribution is 6.31.